The molecule has 2 heterocycles. The Bertz CT molecular complexity index is 983. The molecule has 1 aliphatic carbocycles. The summed E-state index contributed by atoms with van der Waals surface area (Å²) >= 11 is 0. The summed E-state index contributed by atoms with van der Waals surface area (Å²) in [5.41, 5.74) is 3.38. The third-order valence-corrected chi connectivity index (χ3v) is 6.45. The number of anilines is 1. The van der Waals surface area contributed by atoms with Gasteiger partial charge >= 0.3 is 0 Å². The fourth-order valence-electron chi connectivity index (χ4n) is 4.78. The third kappa shape index (κ3) is 4.11. The predicted octanol–water partition coefficient (Wildman–Crippen LogP) is 3.36. The first-order valence-corrected chi connectivity index (χ1v) is 11.3. The second-order valence-corrected chi connectivity index (χ2v) is 8.54. The van der Waals surface area contributed by atoms with Gasteiger partial charge in [0, 0.05) is 13.1 Å². The number of para-hydroxylation sites is 2. The van der Waals surface area contributed by atoms with Crippen LogP contribution in [0.3, 0.4) is 0 Å². The van der Waals surface area contributed by atoms with E-state index in [0.717, 1.165) is 50.9 Å². The fourth-order valence-corrected chi connectivity index (χ4v) is 4.78. The predicted molar refractivity (Wildman–Crippen MR) is 118 cm³/mol. The van der Waals surface area contributed by atoms with Crippen molar-refractivity contribution in [3.63, 3.8) is 0 Å². The molecule has 0 spiro atoms. The molecule has 5 rings (SSSR count). The Morgan fingerprint density at radius 3 is 2.65 bits per heavy atom. The molecule has 6 nitrogen and oxygen atoms in total. The molecule has 2 amide bonds. The standard InChI is InChI=1S/C25H28N2O4/c28-24(17-30-20-12-11-18-7-6-8-19(18)15-20)27-16-23(25(29)26-13-4-1-5-14-26)31-22-10-3-2-9-21(22)27/h2-3,9-12,15,23H,1,4-8,13-14,16-17H2. The highest BCUT2D eigenvalue weighted by Crippen LogP contribution is 2.34. The minimum absolute atomic E-state index is 0.0356. The van der Waals surface area contributed by atoms with E-state index in [-0.39, 0.29) is 25.0 Å². The Morgan fingerprint density at radius 2 is 1.77 bits per heavy atom. The number of benzene rings is 2. The number of ether oxygens (including phenoxy) is 2. The number of likely N-dealkylation sites (tertiary alicyclic amines) is 1. The van der Waals surface area contributed by atoms with Gasteiger partial charge in [0.2, 0.25) is 0 Å². The molecule has 6 heteroatoms. The maximum Gasteiger partial charge on any atom is 0.265 e. The monoisotopic (exact) mass is 420 g/mol. The van der Waals surface area contributed by atoms with Gasteiger partial charge in [0.25, 0.3) is 11.8 Å². The van der Waals surface area contributed by atoms with Crippen molar-refractivity contribution in [3.05, 3.63) is 53.6 Å². The van der Waals surface area contributed by atoms with Crippen LogP contribution in [0.4, 0.5) is 5.69 Å². The van der Waals surface area contributed by atoms with E-state index in [9.17, 15) is 9.59 Å². The highest BCUT2D eigenvalue weighted by Gasteiger charge is 2.36. The number of hydrogen-bond acceptors (Lipinski definition) is 4. The highest BCUT2D eigenvalue weighted by atomic mass is 16.5. The van der Waals surface area contributed by atoms with Crippen molar-refractivity contribution in [3.8, 4) is 11.5 Å². The van der Waals surface area contributed by atoms with Gasteiger partial charge in [-0.25, -0.2) is 0 Å². The average Bonchev–Trinajstić information content (AvgIpc) is 3.30. The summed E-state index contributed by atoms with van der Waals surface area (Å²) in [4.78, 5) is 29.7. The summed E-state index contributed by atoms with van der Waals surface area (Å²) in [5.74, 6) is 1.07. The third-order valence-electron chi connectivity index (χ3n) is 6.45. The van der Waals surface area contributed by atoms with Gasteiger partial charge in [0.05, 0.1) is 12.2 Å². The summed E-state index contributed by atoms with van der Waals surface area (Å²) in [6.45, 7) is 1.65. The molecule has 0 bridgehead atoms. The number of carbonyl (C=O) groups excluding carboxylic acids is 2. The Balaban J connectivity index is 1.30. The summed E-state index contributed by atoms with van der Waals surface area (Å²) in [5, 5.41) is 0. The summed E-state index contributed by atoms with van der Waals surface area (Å²) in [7, 11) is 0. The second kappa shape index (κ2) is 8.61. The Kier molecular flexibility index (Phi) is 5.53. The zero-order valence-corrected chi connectivity index (χ0v) is 17.7. The smallest absolute Gasteiger partial charge is 0.265 e. The normalized spacial score (nSPS) is 19.9. The van der Waals surface area contributed by atoms with E-state index in [4.69, 9.17) is 9.47 Å². The van der Waals surface area contributed by atoms with Crippen LogP contribution < -0.4 is 14.4 Å². The number of nitrogens with zero attached hydrogens (tertiary/aromatic N) is 2. The molecule has 1 saturated heterocycles. The van der Waals surface area contributed by atoms with Crippen LogP contribution in [0.2, 0.25) is 0 Å². The number of aryl methyl sites for hydroxylation is 2. The van der Waals surface area contributed by atoms with E-state index in [2.05, 4.69) is 6.07 Å². The maximum absolute atomic E-state index is 13.1. The lowest BCUT2D eigenvalue weighted by Gasteiger charge is -2.37. The molecule has 0 aromatic heterocycles. The van der Waals surface area contributed by atoms with Gasteiger partial charge in [-0.2, -0.15) is 0 Å². The van der Waals surface area contributed by atoms with Crippen molar-refractivity contribution in [1.29, 1.82) is 0 Å². The molecule has 2 aromatic carbocycles. The van der Waals surface area contributed by atoms with Crippen LogP contribution in [0.15, 0.2) is 42.5 Å². The van der Waals surface area contributed by atoms with Crippen LogP contribution in [0, 0.1) is 0 Å². The molecule has 0 saturated carbocycles. The van der Waals surface area contributed by atoms with Crippen molar-refractivity contribution in [2.75, 3.05) is 31.1 Å². The van der Waals surface area contributed by atoms with E-state index in [1.54, 1.807) is 4.90 Å². The number of carbonyl (C=O) groups is 2. The Morgan fingerprint density at radius 1 is 0.968 bits per heavy atom. The molecule has 31 heavy (non-hydrogen) atoms. The number of amides is 2. The Hall–Kier alpha value is -3.02. The number of piperidine rings is 1. The minimum Gasteiger partial charge on any atom is -0.484 e. The highest BCUT2D eigenvalue weighted by molar-refractivity contribution is 5.98. The van der Waals surface area contributed by atoms with Crippen LogP contribution in [0.25, 0.3) is 0 Å². The lowest BCUT2D eigenvalue weighted by Crippen LogP contribution is -2.53. The summed E-state index contributed by atoms with van der Waals surface area (Å²) in [6, 6.07) is 13.5. The molecule has 0 N–H and O–H groups in total. The molecule has 3 aliphatic rings. The number of hydrogen-bond donors (Lipinski definition) is 0. The lowest BCUT2D eigenvalue weighted by atomic mass is 10.1. The minimum atomic E-state index is -0.683. The first-order valence-electron chi connectivity index (χ1n) is 11.3. The molecule has 2 aliphatic heterocycles. The molecule has 1 unspecified atom stereocenters. The Labute approximate surface area is 182 Å². The average molecular weight is 421 g/mol. The SMILES string of the molecule is O=C(C1CN(C(=O)COc2ccc3c(c2)CCC3)c2ccccc2O1)N1CCCCC1. The lowest BCUT2D eigenvalue weighted by molar-refractivity contribution is -0.139. The van der Waals surface area contributed by atoms with Gasteiger partial charge in [-0.15, -0.1) is 0 Å². The first kappa shape index (κ1) is 19.9. The van der Waals surface area contributed by atoms with E-state index >= 15 is 0 Å². The second-order valence-electron chi connectivity index (χ2n) is 8.54. The summed E-state index contributed by atoms with van der Waals surface area (Å²) in [6.07, 6.45) is 5.87. The van der Waals surface area contributed by atoms with Crippen LogP contribution in [0.5, 0.6) is 11.5 Å². The molecule has 1 atom stereocenters. The van der Waals surface area contributed by atoms with Gasteiger partial charge in [0.1, 0.15) is 11.5 Å². The fraction of sp³-hybridized carbons (Fsp3) is 0.440. The molecule has 1 fully saturated rings. The number of fused-ring (bicyclic) bond motifs is 2. The molecule has 162 valence electrons. The van der Waals surface area contributed by atoms with Crippen molar-refractivity contribution in [2.45, 2.75) is 44.6 Å². The van der Waals surface area contributed by atoms with Gasteiger partial charge in [-0.1, -0.05) is 18.2 Å². The van der Waals surface area contributed by atoms with Crippen molar-refractivity contribution >= 4 is 17.5 Å². The van der Waals surface area contributed by atoms with Crippen LogP contribution >= 0.6 is 0 Å². The largest absolute Gasteiger partial charge is 0.484 e. The molecule has 0 radical (unpaired) electrons. The van der Waals surface area contributed by atoms with E-state index in [1.165, 1.54) is 17.5 Å². The van der Waals surface area contributed by atoms with Crippen LogP contribution in [-0.4, -0.2) is 49.1 Å². The van der Waals surface area contributed by atoms with Crippen LogP contribution in [-0.2, 0) is 22.4 Å². The van der Waals surface area contributed by atoms with E-state index < -0.39 is 6.10 Å². The van der Waals surface area contributed by atoms with Gasteiger partial charge in [-0.3, -0.25) is 9.59 Å². The summed E-state index contributed by atoms with van der Waals surface area (Å²) < 4.78 is 11.9. The van der Waals surface area contributed by atoms with Gasteiger partial charge < -0.3 is 19.3 Å². The van der Waals surface area contributed by atoms with Crippen molar-refractivity contribution < 1.29 is 19.1 Å². The van der Waals surface area contributed by atoms with E-state index in [1.807, 2.05) is 41.3 Å². The van der Waals surface area contributed by atoms with Crippen molar-refractivity contribution in [2.24, 2.45) is 0 Å². The molecular formula is C25H28N2O4. The van der Waals surface area contributed by atoms with Gasteiger partial charge in [0.15, 0.2) is 12.7 Å². The van der Waals surface area contributed by atoms with E-state index in [0.29, 0.717) is 11.4 Å². The zero-order valence-electron chi connectivity index (χ0n) is 17.7. The maximum atomic E-state index is 13.1. The van der Waals surface area contributed by atoms with Gasteiger partial charge in [-0.05, 0) is 73.9 Å². The van der Waals surface area contributed by atoms with Crippen molar-refractivity contribution in [1.82, 2.24) is 4.90 Å². The topological polar surface area (TPSA) is 59.1 Å². The molecule has 2 aromatic rings. The number of rotatable bonds is 4. The first-order chi connectivity index (χ1) is 15.2. The van der Waals surface area contributed by atoms with Crippen LogP contribution in [0.1, 0.15) is 36.8 Å². The molecular weight excluding hydrogens is 392 g/mol. The quantitative estimate of drug-likeness (QED) is 0.761. The zero-order chi connectivity index (χ0) is 21.2.